The van der Waals surface area contributed by atoms with E-state index in [9.17, 15) is 14.4 Å². The molecule has 1 fully saturated rings. The molecule has 1 aliphatic rings. The van der Waals surface area contributed by atoms with Crippen LogP contribution in [0, 0.1) is 0 Å². The zero-order valence-electron chi connectivity index (χ0n) is 9.43. The first-order chi connectivity index (χ1) is 7.82. The second-order valence-electron chi connectivity index (χ2n) is 4.11. The van der Waals surface area contributed by atoms with E-state index in [1.807, 2.05) is 0 Å². The highest BCUT2D eigenvalue weighted by molar-refractivity contribution is 5.83. The summed E-state index contributed by atoms with van der Waals surface area (Å²) < 4.78 is 5.12. The lowest BCUT2D eigenvalue weighted by atomic mass is 9.97. The predicted molar refractivity (Wildman–Crippen MR) is 56.2 cm³/mol. The molecule has 4 N–H and O–H groups in total. The number of nitrogens with one attached hydrogen (secondary N) is 1. The Labute approximate surface area is 97.7 Å². The molecule has 0 aromatic carbocycles. The summed E-state index contributed by atoms with van der Waals surface area (Å²) in [6, 6.07) is -0.416. The van der Waals surface area contributed by atoms with Crippen LogP contribution in [0.5, 0.6) is 0 Å². The molecule has 0 aromatic heterocycles. The van der Waals surface area contributed by atoms with Gasteiger partial charge >= 0.3 is 12.0 Å². The van der Waals surface area contributed by atoms with Gasteiger partial charge in [0.1, 0.15) is 12.2 Å². The van der Waals surface area contributed by atoms with Crippen LogP contribution in [0.15, 0.2) is 0 Å². The van der Waals surface area contributed by atoms with Gasteiger partial charge in [-0.05, 0) is 6.92 Å². The van der Waals surface area contributed by atoms with Gasteiger partial charge in [0.15, 0.2) is 0 Å². The Morgan fingerprint density at radius 3 is 2.53 bits per heavy atom. The largest absolute Gasteiger partial charge is 0.480 e. The highest BCUT2D eigenvalue weighted by atomic mass is 16.5. The van der Waals surface area contributed by atoms with E-state index >= 15 is 0 Å². The average molecular weight is 245 g/mol. The number of hydrogen-bond donors (Lipinski definition) is 3. The maximum atomic E-state index is 11.4. The first-order valence-electron chi connectivity index (χ1n) is 4.99. The molecule has 0 saturated carbocycles. The van der Waals surface area contributed by atoms with Crippen LogP contribution in [-0.2, 0) is 14.3 Å². The quantitative estimate of drug-likeness (QED) is 0.536. The van der Waals surface area contributed by atoms with E-state index in [2.05, 4.69) is 5.32 Å². The van der Waals surface area contributed by atoms with Crippen molar-refractivity contribution in [2.24, 2.45) is 5.73 Å². The van der Waals surface area contributed by atoms with Crippen LogP contribution >= 0.6 is 0 Å². The van der Waals surface area contributed by atoms with Crippen molar-refractivity contribution in [3.8, 4) is 0 Å². The molecule has 8 nitrogen and oxygen atoms in total. The van der Waals surface area contributed by atoms with Crippen molar-refractivity contribution in [1.29, 1.82) is 0 Å². The van der Waals surface area contributed by atoms with Crippen LogP contribution in [0.2, 0.25) is 0 Å². The van der Waals surface area contributed by atoms with E-state index in [4.69, 9.17) is 15.6 Å². The first-order valence-corrected chi connectivity index (χ1v) is 4.99. The number of ether oxygens (including phenoxy) is 1. The number of aliphatic carboxylic acids is 1. The molecule has 96 valence electrons. The van der Waals surface area contributed by atoms with E-state index in [-0.39, 0.29) is 19.6 Å². The number of carbonyl (C=O) groups is 3. The molecule has 1 rings (SSSR count). The second kappa shape index (κ2) is 5.00. The maximum Gasteiger partial charge on any atom is 0.329 e. The van der Waals surface area contributed by atoms with Crippen LogP contribution in [0.25, 0.3) is 0 Å². The summed E-state index contributed by atoms with van der Waals surface area (Å²) in [7, 11) is 0. The summed E-state index contributed by atoms with van der Waals surface area (Å²) in [5.41, 5.74) is 4.24. The zero-order valence-corrected chi connectivity index (χ0v) is 9.43. The van der Waals surface area contributed by atoms with E-state index in [0.29, 0.717) is 0 Å². The number of carbonyl (C=O) groups excluding carboxylic acids is 2. The van der Waals surface area contributed by atoms with E-state index in [0.717, 1.165) is 0 Å². The fourth-order valence-electron chi connectivity index (χ4n) is 1.51. The SMILES string of the molecule is CC1(OCC(=O)O)CN(C(=O)NCC(N)=O)C1. The van der Waals surface area contributed by atoms with Crippen molar-refractivity contribution in [1.82, 2.24) is 10.2 Å². The van der Waals surface area contributed by atoms with Gasteiger partial charge in [0.05, 0.1) is 19.6 Å². The van der Waals surface area contributed by atoms with Crippen LogP contribution < -0.4 is 11.1 Å². The fraction of sp³-hybridized carbons (Fsp3) is 0.667. The van der Waals surface area contributed by atoms with Crippen LogP contribution in [0.3, 0.4) is 0 Å². The zero-order chi connectivity index (χ0) is 13.1. The van der Waals surface area contributed by atoms with Crippen molar-refractivity contribution in [2.45, 2.75) is 12.5 Å². The molecule has 3 amide bonds. The molecular formula is C9H15N3O5. The van der Waals surface area contributed by atoms with Crippen LogP contribution in [0.1, 0.15) is 6.92 Å². The third-order valence-electron chi connectivity index (χ3n) is 2.30. The molecular weight excluding hydrogens is 230 g/mol. The number of primary amides is 1. The third-order valence-corrected chi connectivity index (χ3v) is 2.30. The highest BCUT2D eigenvalue weighted by Gasteiger charge is 2.42. The van der Waals surface area contributed by atoms with Gasteiger partial charge in [-0.15, -0.1) is 0 Å². The Morgan fingerprint density at radius 2 is 2.06 bits per heavy atom. The minimum atomic E-state index is -1.05. The highest BCUT2D eigenvalue weighted by Crippen LogP contribution is 2.24. The van der Waals surface area contributed by atoms with Gasteiger partial charge in [0.25, 0.3) is 0 Å². The normalized spacial score (nSPS) is 17.1. The Hall–Kier alpha value is -1.83. The number of carboxylic acid groups (broad SMARTS) is 1. The van der Waals surface area contributed by atoms with Crippen LogP contribution in [-0.4, -0.2) is 59.8 Å². The lowest BCUT2D eigenvalue weighted by Gasteiger charge is -2.46. The molecule has 0 aliphatic carbocycles. The van der Waals surface area contributed by atoms with Crippen molar-refractivity contribution < 1.29 is 24.2 Å². The van der Waals surface area contributed by atoms with Gasteiger partial charge in [-0.3, -0.25) is 4.79 Å². The molecule has 17 heavy (non-hydrogen) atoms. The number of rotatable bonds is 5. The molecule has 0 aromatic rings. The molecule has 1 saturated heterocycles. The number of amides is 3. The average Bonchev–Trinajstić information content (AvgIpc) is 2.19. The van der Waals surface area contributed by atoms with Gasteiger partial charge in [-0.1, -0.05) is 0 Å². The van der Waals surface area contributed by atoms with E-state index in [1.165, 1.54) is 4.90 Å². The molecule has 0 spiro atoms. The Bertz CT molecular complexity index is 338. The summed E-state index contributed by atoms with van der Waals surface area (Å²) in [6.45, 7) is 1.67. The molecule has 0 radical (unpaired) electrons. The van der Waals surface area contributed by atoms with Crippen molar-refractivity contribution >= 4 is 17.9 Å². The predicted octanol–water partition coefficient (Wildman–Crippen LogP) is -1.64. The fourth-order valence-corrected chi connectivity index (χ4v) is 1.51. The van der Waals surface area contributed by atoms with Gasteiger partial charge in [-0.25, -0.2) is 9.59 Å². The molecule has 1 aliphatic heterocycles. The van der Waals surface area contributed by atoms with Gasteiger partial charge in [0, 0.05) is 0 Å². The second-order valence-corrected chi connectivity index (χ2v) is 4.11. The molecule has 0 unspecified atom stereocenters. The molecule has 1 heterocycles. The topological polar surface area (TPSA) is 122 Å². The molecule has 0 bridgehead atoms. The van der Waals surface area contributed by atoms with Crippen molar-refractivity contribution in [3.05, 3.63) is 0 Å². The number of nitrogens with two attached hydrogens (primary N) is 1. The Morgan fingerprint density at radius 1 is 1.47 bits per heavy atom. The molecule has 8 heteroatoms. The number of carboxylic acids is 1. The summed E-state index contributed by atoms with van der Waals surface area (Å²) in [5, 5.41) is 10.8. The maximum absolute atomic E-state index is 11.4. The lowest BCUT2D eigenvalue weighted by Crippen LogP contribution is -2.65. The summed E-state index contributed by atoms with van der Waals surface area (Å²) >= 11 is 0. The summed E-state index contributed by atoms with van der Waals surface area (Å²) in [6.07, 6.45) is 0. The number of urea groups is 1. The Kier molecular flexibility index (Phi) is 3.89. The third kappa shape index (κ3) is 3.91. The van der Waals surface area contributed by atoms with Gasteiger partial charge in [-0.2, -0.15) is 0 Å². The number of likely N-dealkylation sites (tertiary alicyclic amines) is 1. The standard InChI is InChI=1S/C9H15N3O5/c1-9(17-3-7(14)15)4-12(5-9)8(16)11-2-6(10)13/h2-5H2,1H3,(H2,10,13)(H,11,16)(H,14,15). The minimum absolute atomic E-state index is 0.220. The smallest absolute Gasteiger partial charge is 0.329 e. The Balaban J connectivity index is 2.27. The van der Waals surface area contributed by atoms with Gasteiger partial charge in [0.2, 0.25) is 5.91 Å². The van der Waals surface area contributed by atoms with E-state index < -0.39 is 30.1 Å². The first kappa shape index (κ1) is 13.2. The lowest BCUT2D eigenvalue weighted by molar-refractivity contribution is -0.159. The van der Waals surface area contributed by atoms with Crippen molar-refractivity contribution in [2.75, 3.05) is 26.2 Å². The minimum Gasteiger partial charge on any atom is -0.480 e. The number of hydrogen-bond acceptors (Lipinski definition) is 4. The van der Waals surface area contributed by atoms with E-state index in [1.54, 1.807) is 6.92 Å². The molecule has 0 atom stereocenters. The van der Waals surface area contributed by atoms with Crippen LogP contribution in [0.4, 0.5) is 4.79 Å². The van der Waals surface area contributed by atoms with Crippen molar-refractivity contribution in [3.63, 3.8) is 0 Å². The summed E-state index contributed by atoms with van der Waals surface area (Å²) in [4.78, 5) is 33.5. The van der Waals surface area contributed by atoms with Gasteiger partial charge < -0.3 is 25.8 Å². The summed E-state index contributed by atoms with van der Waals surface area (Å²) in [5.74, 6) is -1.67. The number of nitrogens with zero attached hydrogens (tertiary/aromatic N) is 1. The monoisotopic (exact) mass is 245 g/mol.